The van der Waals surface area contributed by atoms with Gasteiger partial charge in [-0.3, -0.25) is 9.59 Å². The second-order valence-electron chi connectivity index (χ2n) is 10.2. The molecule has 3 heterocycles. The molecule has 1 aromatic carbocycles. The van der Waals surface area contributed by atoms with Crippen molar-refractivity contribution in [3.8, 4) is 5.75 Å². The van der Waals surface area contributed by atoms with Crippen LogP contribution < -0.4 is 10.3 Å². The van der Waals surface area contributed by atoms with Gasteiger partial charge in [0.05, 0.1) is 18.6 Å². The molecule has 2 aromatic heterocycles. The molecule has 1 N–H and O–H groups in total. The molecule has 200 valence electrons. The Bertz CT molecular complexity index is 1360. The average molecular weight is 518 g/mol. The maximum atomic E-state index is 14.0. The lowest BCUT2D eigenvalue weighted by atomic mass is 9.80. The van der Waals surface area contributed by atoms with Crippen LogP contribution in [0.4, 0.5) is 13.2 Å². The average Bonchev–Trinajstić information content (AvgIpc) is 3.13. The number of Topliss-reactive ketones (excluding diaryl/α,β-unsaturated/α-hetero) is 1. The first kappa shape index (κ1) is 27.0. The Balaban J connectivity index is 1.70. The molecule has 0 saturated carbocycles. The van der Waals surface area contributed by atoms with Gasteiger partial charge in [0.1, 0.15) is 5.75 Å². The van der Waals surface area contributed by atoms with Gasteiger partial charge >= 0.3 is 6.18 Å². The van der Waals surface area contributed by atoms with Crippen LogP contribution in [0.3, 0.4) is 0 Å². The molecule has 3 unspecified atom stereocenters. The molecule has 37 heavy (non-hydrogen) atoms. The zero-order chi connectivity index (χ0) is 27.1. The van der Waals surface area contributed by atoms with E-state index in [0.29, 0.717) is 41.2 Å². The number of halogens is 3. The lowest BCUT2D eigenvalue weighted by Crippen LogP contribution is -2.47. The normalized spacial score (nSPS) is 19.8. The van der Waals surface area contributed by atoms with E-state index in [1.807, 2.05) is 35.8 Å². The topological polar surface area (TPSA) is 67.3 Å². The van der Waals surface area contributed by atoms with Gasteiger partial charge in [0.25, 0.3) is 5.56 Å². The number of piperidine rings is 1. The van der Waals surface area contributed by atoms with E-state index in [-0.39, 0.29) is 30.7 Å². The fraction of sp³-hybridized carbons (Fsp3) is 0.500. The van der Waals surface area contributed by atoms with Crippen molar-refractivity contribution >= 4 is 16.7 Å². The van der Waals surface area contributed by atoms with Crippen LogP contribution in [0, 0.1) is 25.7 Å². The molecule has 3 atom stereocenters. The number of hydrogen-bond donors (Lipinski definition) is 1. The fourth-order valence-corrected chi connectivity index (χ4v) is 5.98. The van der Waals surface area contributed by atoms with Crippen molar-refractivity contribution < 1.29 is 22.7 Å². The summed E-state index contributed by atoms with van der Waals surface area (Å²) in [4.78, 5) is 30.5. The minimum absolute atomic E-state index is 0.0323. The number of methoxy groups -OCH3 is 1. The van der Waals surface area contributed by atoms with Crippen molar-refractivity contribution in [2.75, 3.05) is 27.2 Å². The number of H-pyrrole nitrogens is 1. The molecule has 4 rings (SSSR count). The summed E-state index contributed by atoms with van der Waals surface area (Å²) in [6.45, 7) is 5.96. The molecule has 3 aromatic rings. The molecule has 1 fully saturated rings. The van der Waals surface area contributed by atoms with Crippen LogP contribution in [0.2, 0.25) is 0 Å². The number of aryl methyl sites for hydroxylation is 1. The summed E-state index contributed by atoms with van der Waals surface area (Å²) in [6.07, 6.45) is -3.61. The Labute approximate surface area is 214 Å². The molecule has 6 nitrogen and oxygen atoms in total. The number of para-hydroxylation sites is 1. The minimum Gasteiger partial charge on any atom is -0.496 e. The Morgan fingerprint density at radius 1 is 1.24 bits per heavy atom. The highest BCUT2D eigenvalue weighted by atomic mass is 19.4. The van der Waals surface area contributed by atoms with Crippen molar-refractivity contribution in [3.63, 3.8) is 0 Å². The van der Waals surface area contributed by atoms with Gasteiger partial charge < -0.3 is 19.2 Å². The lowest BCUT2D eigenvalue weighted by Gasteiger charge is -2.41. The number of carbonyl (C=O) groups is 1. The first-order chi connectivity index (χ1) is 17.4. The van der Waals surface area contributed by atoms with Crippen molar-refractivity contribution in [2.45, 2.75) is 52.3 Å². The van der Waals surface area contributed by atoms with Crippen LogP contribution in [0.1, 0.15) is 53.1 Å². The van der Waals surface area contributed by atoms with Crippen molar-refractivity contribution in [1.82, 2.24) is 14.5 Å². The van der Waals surface area contributed by atoms with E-state index in [9.17, 15) is 22.8 Å². The van der Waals surface area contributed by atoms with Crippen molar-refractivity contribution in [2.24, 2.45) is 11.8 Å². The van der Waals surface area contributed by atoms with Gasteiger partial charge in [0.15, 0.2) is 5.78 Å². The molecular formula is C28H34F3N3O3. The third kappa shape index (κ3) is 5.19. The van der Waals surface area contributed by atoms with Crippen molar-refractivity contribution in [3.05, 3.63) is 63.2 Å². The van der Waals surface area contributed by atoms with Gasteiger partial charge in [-0.2, -0.15) is 13.2 Å². The van der Waals surface area contributed by atoms with Crippen LogP contribution in [-0.4, -0.2) is 53.7 Å². The zero-order valence-corrected chi connectivity index (χ0v) is 21.9. The predicted molar refractivity (Wildman–Crippen MR) is 138 cm³/mol. The third-order valence-electron chi connectivity index (χ3n) is 7.80. The number of fused-ring (bicyclic) bond motifs is 1. The number of carbonyl (C=O) groups excluding carboxylic acids is 1. The van der Waals surface area contributed by atoms with Gasteiger partial charge in [-0.15, -0.1) is 0 Å². The van der Waals surface area contributed by atoms with Gasteiger partial charge in [0.2, 0.25) is 0 Å². The SMILES string of the molecule is COc1cc(C)[nH]c(=O)c1CCC(=O)c1c(C)n(C(C)C2CCN(C)CC2C(F)(F)F)c2ccccc12. The van der Waals surface area contributed by atoms with Crippen LogP contribution in [0.25, 0.3) is 10.9 Å². The van der Waals surface area contributed by atoms with E-state index in [4.69, 9.17) is 4.74 Å². The molecule has 0 amide bonds. The Hall–Kier alpha value is -3.07. The number of ketones is 1. The summed E-state index contributed by atoms with van der Waals surface area (Å²) in [5.74, 6) is -1.77. The second kappa shape index (κ2) is 10.4. The summed E-state index contributed by atoms with van der Waals surface area (Å²) in [5.41, 5.74) is 2.68. The lowest BCUT2D eigenvalue weighted by molar-refractivity contribution is -0.204. The van der Waals surface area contributed by atoms with Crippen LogP contribution in [0.5, 0.6) is 5.75 Å². The number of hydrogen-bond acceptors (Lipinski definition) is 4. The quantitative estimate of drug-likeness (QED) is 0.423. The maximum absolute atomic E-state index is 14.0. The molecular weight excluding hydrogens is 483 g/mol. The number of nitrogens with zero attached hydrogens (tertiary/aromatic N) is 2. The molecule has 0 aliphatic carbocycles. The highest BCUT2D eigenvalue weighted by Gasteiger charge is 2.49. The number of alkyl halides is 3. The Kier molecular flexibility index (Phi) is 7.55. The van der Waals surface area contributed by atoms with E-state index in [1.165, 1.54) is 7.11 Å². The van der Waals surface area contributed by atoms with Gasteiger partial charge in [-0.1, -0.05) is 18.2 Å². The Morgan fingerprint density at radius 2 is 1.95 bits per heavy atom. The fourth-order valence-electron chi connectivity index (χ4n) is 5.98. The highest BCUT2D eigenvalue weighted by molar-refractivity contribution is 6.09. The first-order valence-electron chi connectivity index (χ1n) is 12.6. The number of aromatic amines is 1. The van der Waals surface area contributed by atoms with E-state index in [1.54, 1.807) is 31.9 Å². The minimum atomic E-state index is -4.30. The number of nitrogens with one attached hydrogen (secondary N) is 1. The van der Waals surface area contributed by atoms with E-state index in [2.05, 4.69) is 4.98 Å². The van der Waals surface area contributed by atoms with Gasteiger partial charge in [0, 0.05) is 46.9 Å². The van der Waals surface area contributed by atoms with E-state index in [0.717, 1.165) is 10.9 Å². The van der Waals surface area contributed by atoms with Crippen LogP contribution >= 0.6 is 0 Å². The third-order valence-corrected chi connectivity index (χ3v) is 7.80. The van der Waals surface area contributed by atoms with E-state index >= 15 is 0 Å². The highest BCUT2D eigenvalue weighted by Crippen LogP contribution is 2.44. The molecule has 0 spiro atoms. The number of rotatable bonds is 7. The van der Waals surface area contributed by atoms with Crippen LogP contribution in [-0.2, 0) is 6.42 Å². The van der Waals surface area contributed by atoms with E-state index < -0.39 is 24.1 Å². The number of likely N-dealkylation sites (tertiary alicyclic amines) is 1. The molecule has 0 radical (unpaired) electrons. The number of ether oxygens (including phenoxy) is 1. The van der Waals surface area contributed by atoms with Gasteiger partial charge in [-0.25, -0.2) is 0 Å². The molecule has 1 aliphatic heterocycles. The Morgan fingerprint density at radius 3 is 2.62 bits per heavy atom. The summed E-state index contributed by atoms with van der Waals surface area (Å²) in [7, 11) is 3.21. The van der Waals surface area contributed by atoms with Gasteiger partial charge in [-0.05, 0) is 65.3 Å². The largest absolute Gasteiger partial charge is 0.496 e. The molecule has 9 heteroatoms. The van der Waals surface area contributed by atoms with Crippen molar-refractivity contribution in [1.29, 1.82) is 0 Å². The summed E-state index contributed by atoms with van der Waals surface area (Å²) in [5, 5.41) is 0.720. The number of benzene rings is 1. The standard InChI is InChI=1S/C28H34F3N3O3/c1-16-14-25(37-5)21(27(36)32-16)10-11-24(35)26-18(3)34(23-9-7-6-8-20(23)26)17(2)19-12-13-33(4)15-22(19)28(29,30)31/h6-9,14,17,19,22H,10-13,15H2,1-5H3,(H,32,36). The molecule has 1 aliphatic rings. The zero-order valence-electron chi connectivity index (χ0n) is 21.9. The first-order valence-corrected chi connectivity index (χ1v) is 12.6. The maximum Gasteiger partial charge on any atom is 0.393 e. The predicted octanol–water partition coefficient (Wildman–Crippen LogP) is 5.46. The van der Waals surface area contributed by atoms with Crippen LogP contribution in [0.15, 0.2) is 35.1 Å². The smallest absolute Gasteiger partial charge is 0.393 e. The summed E-state index contributed by atoms with van der Waals surface area (Å²) < 4.78 is 49.4. The summed E-state index contributed by atoms with van der Waals surface area (Å²) in [6, 6.07) is 8.64. The summed E-state index contributed by atoms with van der Waals surface area (Å²) >= 11 is 0. The molecule has 0 bridgehead atoms. The second-order valence-corrected chi connectivity index (χ2v) is 10.2. The number of pyridine rings is 1. The molecule has 1 saturated heterocycles. The monoisotopic (exact) mass is 517 g/mol. The number of aromatic nitrogens is 2.